The minimum absolute atomic E-state index is 0.706. The number of hydrogen-bond donors (Lipinski definition) is 0. The molecule has 0 bridgehead atoms. The maximum atomic E-state index is 6.04. The van der Waals surface area contributed by atoms with E-state index in [0.717, 1.165) is 42.0 Å². The molecule has 5 aromatic rings. The monoisotopic (exact) mass is 435 g/mol. The summed E-state index contributed by atoms with van der Waals surface area (Å²) in [5, 5.41) is 2.45. The molecular formula is C29H29N3O. The van der Waals surface area contributed by atoms with E-state index in [2.05, 4.69) is 115 Å². The third kappa shape index (κ3) is 4.56. The van der Waals surface area contributed by atoms with Gasteiger partial charge in [-0.2, -0.15) is 0 Å². The quantitative estimate of drug-likeness (QED) is 0.252. The molecule has 1 heterocycles. The number of benzene rings is 4. The Kier molecular flexibility index (Phi) is 5.99. The standard InChI is InChI=1S/C29H29N3O/c1-31(2)25-16-13-23(14-17-25)29-30-27-11-5-6-12-28(27)32(29)19-7-8-20-33-26-18-15-22-9-3-4-10-24(22)21-26/h3-6,9-18,21H,7-8,19-20H2,1-2H3. The third-order valence-corrected chi connectivity index (χ3v) is 6.06. The van der Waals surface area contributed by atoms with Crippen LogP contribution in [0.3, 0.4) is 0 Å². The Morgan fingerprint density at radius 1 is 0.788 bits per heavy atom. The van der Waals surface area contributed by atoms with E-state index < -0.39 is 0 Å². The first kappa shape index (κ1) is 21.1. The lowest BCUT2D eigenvalue weighted by Gasteiger charge is -2.14. The lowest BCUT2D eigenvalue weighted by molar-refractivity contribution is 0.304. The van der Waals surface area contributed by atoms with E-state index in [1.54, 1.807) is 0 Å². The second-order valence-corrected chi connectivity index (χ2v) is 8.58. The van der Waals surface area contributed by atoms with Crippen LogP contribution in [0.2, 0.25) is 0 Å². The average Bonchev–Trinajstić information content (AvgIpc) is 3.22. The Morgan fingerprint density at radius 3 is 2.36 bits per heavy atom. The Bertz CT molecular complexity index is 1370. The van der Waals surface area contributed by atoms with Gasteiger partial charge in [-0.15, -0.1) is 0 Å². The SMILES string of the molecule is CN(C)c1ccc(-c2nc3ccccc3n2CCCCOc2ccc3ccccc3c2)cc1. The van der Waals surface area contributed by atoms with Gasteiger partial charge in [0.05, 0.1) is 17.6 Å². The van der Waals surface area contributed by atoms with Crippen LogP contribution >= 0.6 is 0 Å². The summed E-state index contributed by atoms with van der Waals surface area (Å²) < 4.78 is 8.39. The molecule has 0 saturated heterocycles. The molecular weight excluding hydrogens is 406 g/mol. The number of unbranched alkanes of at least 4 members (excludes halogenated alkanes) is 1. The lowest BCUT2D eigenvalue weighted by atomic mass is 10.1. The van der Waals surface area contributed by atoms with Gasteiger partial charge in [0.2, 0.25) is 0 Å². The van der Waals surface area contributed by atoms with E-state index in [1.165, 1.54) is 22.0 Å². The molecule has 0 amide bonds. The summed E-state index contributed by atoms with van der Waals surface area (Å²) in [6, 6.07) is 31.7. The maximum absolute atomic E-state index is 6.04. The van der Waals surface area contributed by atoms with E-state index in [0.29, 0.717) is 6.61 Å². The van der Waals surface area contributed by atoms with Crippen LogP contribution in [0.15, 0.2) is 91.0 Å². The number of rotatable bonds is 8. The zero-order valence-corrected chi connectivity index (χ0v) is 19.2. The molecule has 166 valence electrons. The number of ether oxygens (including phenoxy) is 1. The number of para-hydroxylation sites is 2. The first-order valence-electron chi connectivity index (χ1n) is 11.5. The van der Waals surface area contributed by atoms with Crippen molar-refractivity contribution in [2.75, 3.05) is 25.6 Å². The smallest absolute Gasteiger partial charge is 0.141 e. The lowest BCUT2D eigenvalue weighted by Crippen LogP contribution is -2.08. The molecule has 4 nitrogen and oxygen atoms in total. The fourth-order valence-electron chi connectivity index (χ4n) is 4.25. The second-order valence-electron chi connectivity index (χ2n) is 8.58. The highest BCUT2D eigenvalue weighted by atomic mass is 16.5. The summed E-state index contributed by atoms with van der Waals surface area (Å²) >= 11 is 0. The van der Waals surface area contributed by atoms with Gasteiger partial charge < -0.3 is 14.2 Å². The normalized spacial score (nSPS) is 11.2. The van der Waals surface area contributed by atoms with Gasteiger partial charge in [-0.05, 0) is 72.1 Å². The topological polar surface area (TPSA) is 30.3 Å². The summed E-state index contributed by atoms with van der Waals surface area (Å²) in [5.74, 6) is 1.96. The predicted molar refractivity (Wildman–Crippen MR) is 138 cm³/mol. The van der Waals surface area contributed by atoms with E-state index in [1.807, 2.05) is 0 Å². The summed E-state index contributed by atoms with van der Waals surface area (Å²) in [6.45, 7) is 1.62. The molecule has 0 fully saturated rings. The van der Waals surface area contributed by atoms with Crippen LogP contribution in [0.1, 0.15) is 12.8 Å². The summed E-state index contributed by atoms with van der Waals surface area (Å²) in [5.41, 5.74) is 4.55. The largest absolute Gasteiger partial charge is 0.494 e. The maximum Gasteiger partial charge on any atom is 0.141 e. The Morgan fingerprint density at radius 2 is 1.55 bits per heavy atom. The van der Waals surface area contributed by atoms with Gasteiger partial charge in [0.15, 0.2) is 0 Å². The molecule has 5 rings (SSSR count). The van der Waals surface area contributed by atoms with Crippen molar-refractivity contribution in [2.45, 2.75) is 19.4 Å². The first-order valence-corrected chi connectivity index (χ1v) is 11.5. The number of nitrogens with zero attached hydrogens (tertiary/aromatic N) is 3. The fraction of sp³-hybridized carbons (Fsp3) is 0.207. The first-order chi connectivity index (χ1) is 16.2. The van der Waals surface area contributed by atoms with Crippen molar-refractivity contribution in [3.8, 4) is 17.1 Å². The van der Waals surface area contributed by atoms with Crippen LogP contribution in [0.5, 0.6) is 5.75 Å². The molecule has 0 aliphatic rings. The number of aromatic nitrogens is 2. The minimum Gasteiger partial charge on any atom is -0.494 e. The second kappa shape index (κ2) is 9.37. The number of hydrogen-bond acceptors (Lipinski definition) is 3. The molecule has 4 heteroatoms. The molecule has 0 spiro atoms. The van der Waals surface area contributed by atoms with Crippen molar-refractivity contribution in [2.24, 2.45) is 0 Å². The van der Waals surface area contributed by atoms with Crippen LogP contribution in [0, 0.1) is 0 Å². The Labute approximate surface area is 195 Å². The number of anilines is 1. The van der Waals surface area contributed by atoms with Crippen LogP contribution < -0.4 is 9.64 Å². The number of aryl methyl sites for hydroxylation is 1. The van der Waals surface area contributed by atoms with Gasteiger partial charge in [-0.1, -0.05) is 42.5 Å². The third-order valence-electron chi connectivity index (χ3n) is 6.06. The average molecular weight is 436 g/mol. The van der Waals surface area contributed by atoms with Gasteiger partial charge >= 0.3 is 0 Å². The number of fused-ring (bicyclic) bond motifs is 2. The van der Waals surface area contributed by atoms with Crippen molar-refractivity contribution >= 4 is 27.5 Å². The highest BCUT2D eigenvalue weighted by Gasteiger charge is 2.12. The van der Waals surface area contributed by atoms with Crippen molar-refractivity contribution in [3.05, 3.63) is 91.0 Å². The molecule has 0 N–H and O–H groups in total. The van der Waals surface area contributed by atoms with E-state index in [-0.39, 0.29) is 0 Å². The number of imidazole rings is 1. The van der Waals surface area contributed by atoms with E-state index in [4.69, 9.17) is 9.72 Å². The summed E-state index contributed by atoms with van der Waals surface area (Å²) in [6.07, 6.45) is 2.01. The van der Waals surface area contributed by atoms with Crippen molar-refractivity contribution in [1.29, 1.82) is 0 Å². The molecule has 1 aromatic heterocycles. The van der Waals surface area contributed by atoms with Crippen molar-refractivity contribution < 1.29 is 4.74 Å². The molecule has 0 aliphatic carbocycles. The van der Waals surface area contributed by atoms with Crippen LogP contribution in [-0.4, -0.2) is 30.3 Å². The fourth-order valence-corrected chi connectivity index (χ4v) is 4.25. The molecule has 33 heavy (non-hydrogen) atoms. The molecule has 4 aromatic carbocycles. The summed E-state index contributed by atoms with van der Waals surface area (Å²) in [7, 11) is 4.12. The van der Waals surface area contributed by atoms with Gasteiger partial charge in [0.1, 0.15) is 11.6 Å². The van der Waals surface area contributed by atoms with E-state index in [9.17, 15) is 0 Å². The Hall–Kier alpha value is -3.79. The van der Waals surface area contributed by atoms with E-state index >= 15 is 0 Å². The van der Waals surface area contributed by atoms with Gasteiger partial charge in [0, 0.05) is 31.9 Å². The predicted octanol–water partition coefficient (Wildman–Crippen LogP) is 6.78. The van der Waals surface area contributed by atoms with Crippen LogP contribution in [-0.2, 0) is 6.54 Å². The van der Waals surface area contributed by atoms with Gasteiger partial charge in [0.25, 0.3) is 0 Å². The van der Waals surface area contributed by atoms with Crippen molar-refractivity contribution in [3.63, 3.8) is 0 Å². The molecule has 0 atom stereocenters. The van der Waals surface area contributed by atoms with Crippen molar-refractivity contribution in [1.82, 2.24) is 9.55 Å². The van der Waals surface area contributed by atoms with Crippen LogP contribution in [0.4, 0.5) is 5.69 Å². The van der Waals surface area contributed by atoms with Crippen LogP contribution in [0.25, 0.3) is 33.2 Å². The molecule has 0 saturated carbocycles. The summed E-state index contributed by atoms with van der Waals surface area (Å²) in [4.78, 5) is 7.06. The van der Waals surface area contributed by atoms with Gasteiger partial charge in [-0.3, -0.25) is 0 Å². The molecule has 0 unspecified atom stereocenters. The Balaban J connectivity index is 1.27. The zero-order chi connectivity index (χ0) is 22.6. The zero-order valence-electron chi connectivity index (χ0n) is 19.2. The highest BCUT2D eigenvalue weighted by molar-refractivity contribution is 5.83. The molecule has 0 radical (unpaired) electrons. The van der Waals surface area contributed by atoms with Gasteiger partial charge in [-0.25, -0.2) is 4.98 Å². The molecule has 0 aliphatic heterocycles. The minimum atomic E-state index is 0.706. The highest BCUT2D eigenvalue weighted by Crippen LogP contribution is 2.27.